The summed E-state index contributed by atoms with van der Waals surface area (Å²) < 4.78 is 38.5. The highest BCUT2D eigenvalue weighted by atomic mass is 32.1. The topological polar surface area (TPSA) is 119 Å². The van der Waals surface area contributed by atoms with Crippen molar-refractivity contribution in [1.82, 2.24) is 14.8 Å². The highest BCUT2D eigenvalue weighted by Crippen LogP contribution is 2.15. The number of nitrogens with zero attached hydrogens (tertiary/aromatic N) is 3. The van der Waals surface area contributed by atoms with E-state index in [1.165, 1.54) is 6.20 Å². The summed E-state index contributed by atoms with van der Waals surface area (Å²) >= 11 is 0.768. The van der Waals surface area contributed by atoms with Crippen LogP contribution in [0.15, 0.2) is 35.3 Å². The molecule has 0 aliphatic carbocycles. The lowest BCUT2D eigenvalue weighted by Gasteiger charge is -2.17. The van der Waals surface area contributed by atoms with Gasteiger partial charge in [0.25, 0.3) is 11.5 Å². The van der Waals surface area contributed by atoms with Crippen molar-refractivity contribution < 1.29 is 22.8 Å². The van der Waals surface area contributed by atoms with Gasteiger partial charge in [0.1, 0.15) is 21.8 Å². The summed E-state index contributed by atoms with van der Waals surface area (Å²) in [5.74, 6) is -0.837. The number of halogens is 3. The molecule has 0 spiro atoms. The third-order valence-corrected chi connectivity index (χ3v) is 6.41. The molecule has 1 aromatic heterocycles. The van der Waals surface area contributed by atoms with Gasteiger partial charge in [0.15, 0.2) is 5.57 Å². The van der Waals surface area contributed by atoms with Crippen molar-refractivity contribution in [3.8, 4) is 6.07 Å². The highest BCUT2D eigenvalue weighted by molar-refractivity contribution is 7.07. The maximum Gasteiger partial charge on any atom is 0.405 e. The van der Waals surface area contributed by atoms with Crippen LogP contribution < -0.4 is 30.7 Å². The molecule has 0 radical (unpaired) electrons. The Hall–Kier alpha value is -3.85. The van der Waals surface area contributed by atoms with Crippen LogP contribution in [0.25, 0.3) is 11.3 Å². The lowest BCUT2D eigenvalue weighted by Crippen LogP contribution is -2.37. The first-order valence-corrected chi connectivity index (χ1v) is 13.0. The van der Waals surface area contributed by atoms with E-state index in [1.54, 1.807) is 42.6 Å². The van der Waals surface area contributed by atoms with Crippen molar-refractivity contribution in [1.29, 1.82) is 5.26 Å². The number of amides is 2. The number of anilines is 2. The summed E-state index contributed by atoms with van der Waals surface area (Å²) in [6, 6.07) is 8.49. The summed E-state index contributed by atoms with van der Waals surface area (Å²) in [5.41, 5.74) is 2.78. The van der Waals surface area contributed by atoms with Gasteiger partial charge in [-0.05, 0) is 51.1 Å². The van der Waals surface area contributed by atoms with Gasteiger partial charge in [0, 0.05) is 24.1 Å². The summed E-state index contributed by atoms with van der Waals surface area (Å²) in [4.78, 5) is 39.2. The van der Waals surface area contributed by atoms with E-state index in [-0.39, 0.29) is 28.2 Å². The molecule has 210 valence electrons. The fourth-order valence-electron chi connectivity index (χ4n) is 3.31. The van der Waals surface area contributed by atoms with Crippen LogP contribution in [0.4, 0.5) is 24.5 Å². The third kappa shape index (κ3) is 10.1. The molecule has 2 aromatic rings. The van der Waals surface area contributed by atoms with E-state index < -0.39 is 29.8 Å². The molecule has 9 nitrogen and oxygen atoms in total. The number of hydrogen-bond acceptors (Lipinski definition) is 7. The number of carbonyl (C=O) groups excluding carboxylic acids is 2. The van der Waals surface area contributed by atoms with Gasteiger partial charge in [-0.25, -0.2) is 0 Å². The van der Waals surface area contributed by atoms with Crippen molar-refractivity contribution in [2.24, 2.45) is 5.92 Å². The normalized spacial score (nSPS) is 12.0. The first-order valence-electron chi connectivity index (χ1n) is 12.1. The van der Waals surface area contributed by atoms with E-state index in [2.05, 4.69) is 30.2 Å². The molecular weight excluding hydrogens is 533 g/mol. The van der Waals surface area contributed by atoms with Crippen molar-refractivity contribution in [2.45, 2.75) is 39.9 Å². The number of hydrogen-bond donors (Lipinski definition) is 3. The van der Waals surface area contributed by atoms with Gasteiger partial charge in [-0.3, -0.25) is 23.9 Å². The minimum atomic E-state index is -4.65. The molecule has 2 amide bonds. The second kappa shape index (κ2) is 14.3. The molecule has 1 aromatic carbocycles. The quantitative estimate of drug-likeness (QED) is 0.385. The number of nitrogens with one attached hydrogen (secondary N) is 3. The van der Waals surface area contributed by atoms with Crippen LogP contribution in [-0.4, -0.2) is 54.1 Å². The Morgan fingerprint density at radius 1 is 1.26 bits per heavy atom. The highest BCUT2D eigenvalue weighted by Gasteiger charge is 2.28. The first kappa shape index (κ1) is 31.4. The van der Waals surface area contributed by atoms with E-state index in [0.717, 1.165) is 28.9 Å². The number of nitriles is 1. The summed E-state index contributed by atoms with van der Waals surface area (Å²) in [6.45, 7) is 5.40. The number of benzene rings is 1. The molecule has 13 heteroatoms. The maximum absolute atomic E-state index is 12.7. The number of likely N-dealkylation sites (N-methyl/N-ethyl adjacent to an activating group) is 1. The molecule has 0 fully saturated rings. The molecule has 0 bridgehead atoms. The number of alkyl halides is 3. The number of aromatic nitrogens is 1. The number of carbonyl (C=O) groups is 2. The molecule has 0 aliphatic heterocycles. The zero-order valence-corrected chi connectivity index (χ0v) is 22.9. The SMILES string of the molecule is CCn1c(=O)c(=C=CNc2cccc(NC(=O)CN(C)CCC(C)C)c2)s/c1=C(/C#N)C(=O)NCC(F)(F)F. The van der Waals surface area contributed by atoms with Crippen molar-refractivity contribution in [3.63, 3.8) is 0 Å². The van der Waals surface area contributed by atoms with Gasteiger partial charge in [-0.2, -0.15) is 18.4 Å². The van der Waals surface area contributed by atoms with Crippen molar-refractivity contribution >= 4 is 45.8 Å². The lowest BCUT2D eigenvalue weighted by atomic mass is 10.1. The second-order valence-corrected chi connectivity index (χ2v) is 10.1. The van der Waals surface area contributed by atoms with Crippen LogP contribution >= 0.6 is 11.3 Å². The van der Waals surface area contributed by atoms with Crippen LogP contribution in [-0.2, 0) is 16.1 Å². The molecule has 0 aliphatic rings. The molecule has 2 rings (SSSR count). The predicted octanol–water partition coefficient (Wildman–Crippen LogP) is 2.20. The van der Waals surface area contributed by atoms with E-state index in [9.17, 15) is 32.8 Å². The minimum absolute atomic E-state index is 0.0459. The Kier molecular flexibility index (Phi) is 11.5. The zero-order valence-electron chi connectivity index (χ0n) is 22.1. The van der Waals surface area contributed by atoms with Gasteiger partial charge < -0.3 is 16.0 Å². The van der Waals surface area contributed by atoms with Crippen molar-refractivity contribution in [2.75, 3.05) is 37.3 Å². The third-order valence-electron chi connectivity index (χ3n) is 5.29. The summed E-state index contributed by atoms with van der Waals surface area (Å²) in [7, 11) is 1.88. The Balaban J connectivity index is 2.24. The fourth-order valence-corrected chi connectivity index (χ4v) is 4.39. The Morgan fingerprint density at radius 3 is 2.56 bits per heavy atom. The smallest absolute Gasteiger partial charge is 0.355 e. The molecule has 39 heavy (non-hydrogen) atoms. The summed E-state index contributed by atoms with van der Waals surface area (Å²) in [6.07, 6.45) is -2.30. The Bertz CT molecular complexity index is 1430. The van der Waals surface area contributed by atoms with Gasteiger partial charge in [-0.15, -0.1) is 11.3 Å². The largest absolute Gasteiger partial charge is 0.405 e. The van der Waals surface area contributed by atoms with Crippen LogP contribution in [0.1, 0.15) is 27.2 Å². The number of thiazole rings is 1. The molecule has 3 N–H and O–H groups in total. The van der Waals surface area contributed by atoms with Gasteiger partial charge in [0.2, 0.25) is 5.91 Å². The molecule has 0 saturated heterocycles. The Labute approximate surface area is 227 Å². The van der Waals surface area contributed by atoms with Crippen LogP contribution in [0.2, 0.25) is 0 Å². The van der Waals surface area contributed by atoms with Gasteiger partial charge >= 0.3 is 6.18 Å². The fraction of sp³-hybridized carbons (Fsp3) is 0.423. The first-order chi connectivity index (χ1) is 18.3. The lowest BCUT2D eigenvalue weighted by molar-refractivity contribution is -0.135. The average Bonchev–Trinajstić information content (AvgIpc) is 3.16. The molecule has 0 atom stereocenters. The van der Waals surface area contributed by atoms with E-state index in [0.29, 0.717) is 17.3 Å². The number of rotatable bonds is 11. The van der Waals surface area contributed by atoms with E-state index in [4.69, 9.17) is 0 Å². The van der Waals surface area contributed by atoms with Gasteiger partial charge in [0.05, 0.1) is 6.54 Å². The molecular formula is C26H31F3N6O3S. The zero-order chi connectivity index (χ0) is 29.2. The van der Waals surface area contributed by atoms with Crippen LogP contribution in [0, 0.1) is 17.2 Å². The van der Waals surface area contributed by atoms with E-state index >= 15 is 0 Å². The predicted molar refractivity (Wildman–Crippen MR) is 145 cm³/mol. The molecule has 0 unspecified atom stereocenters. The average molecular weight is 565 g/mol. The van der Waals surface area contributed by atoms with Crippen LogP contribution in [0.5, 0.6) is 0 Å². The maximum atomic E-state index is 12.7. The van der Waals surface area contributed by atoms with Crippen molar-refractivity contribution in [3.05, 3.63) is 50.0 Å². The van der Waals surface area contributed by atoms with E-state index in [1.807, 2.05) is 11.9 Å². The standard InChI is InChI=1S/C26H31F3N6O3S/c1-5-35-24(38)21(39-25(35)20(14-30)23(37)32-16-26(27,28)29)9-11-31-18-7-6-8-19(13-18)33-22(36)15-34(4)12-10-17(2)3/h6-8,11,13,17,31H,5,10,12,15-16H2,1-4H3,(H,32,37)(H,33,36)/b25-20-. The molecule has 1 heterocycles. The molecule has 0 saturated carbocycles. The monoisotopic (exact) mass is 564 g/mol. The Morgan fingerprint density at radius 2 is 1.95 bits per heavy atom. The summed E-state index contributed by atoms with van der Waals surface area (Å²) in [5, 5.41) is 16.8. The van der Waals surface area contributed by atoms with Crippen LogP contribution in [0.3, 0.4) is 0 Å². The minimum Gasteiger partial charge on any atom is -0.355 e. The second-order valence-electron chi connectivity index (χ2n) is 9.05. The van der Waals surface area contributed by atoms with Gasteiger partial charge in [-0.1, -0.05) is 25.6 Å².